The molecule has 1 heterocycles. The minimum absolute atomic E-state index is 0.0177. The molecule has 0 spiro atoms. The van der Waals surface area contributed by atoms with Crippen LogP contribution in [-0.2, 0) is 9.59 Å². The second-order valence-electron chi connectivity index (χ2n) is 6.00. The number of rotatable bonds is 3. The molecule has 2 unspecified atom stereocenters. The first-order valence-corrected chi connectivity index (χ1v) is 6.57. The van der Waals surface area contributed by atoms with E-state index in [9.17, 15) is 14.7 Å². The number of aliphatic carboxylic acids is 1. The average Bonchev–Trinajstić information content (AvgIpc) is 2.72. The zero-order valence-corrected chi connectivity index (χ0v) is 10.9. The van der Waals surface area contributed by atoms with Gasteiger partial charge in [0.25, 0.3) is 0 Å². The average molecular weight is 255 g/mol. The van der Waals surface area contributed by atoms with Gasteiger partial charge in [0, 0.05) is 5.92 Å². The minimum Gasteiger partial charge on any atom is -0.481 e. The Morgan fingerprint density at radius 2 is 1.78 bits per heavy atom. The number of carboxylic acids is 1. The van der Waals surface area contributed by atoms with Crippen LogP contribution in [0.15, 0.2) is 0 Å². The molecule has 0 aromatic rings. The van der Waals surface area contributed by atoms with Gasteiger partial charge in [-0.2, -0.15) is 0 Å². The van der Waals surface area contributed by atoms with E-state index in [1.165, 1.54) is 0 Å². The summed E-state index contributed by atoms with van der Waals surface area (Å²) in [6.07, 6.45) is 1.70. The topological polar surface area (TPSA) is 77.8 Å². The second kappa shape index (κ2) is 4.53. The van der Waals surface area contributed by atoms with Gasteiger partial charge in [-0.3, -0.25) is 9.59 Å². The molecule has 1 aliphatic carbocycles. The Hall–Kier alpha value is -1.10. The smallest absolute Gasteiger partial charge is 0.306 e. The van der Waals surface area contributed by atoms with Gasteiger partial charge in [-0.05, 0) is 25.2 Å². The van der Waals surface area contributed by atoms with Crippen molar-refractivity contribution < 1.29 is 19.8 Å². The standard InChI is InChI=1S/C13H21NO4/c1-8(2)13(18)6-14(7-13)11(15)9-3-4-10(5-9)12(16)17/h8-10,18H,3-7H2,1-2H3,(H,16,17). The largest absolute Gasteiger partial charge is 0.481 e. The van der Waals surface area contributed by atoms with Crippen LogP contribution in [0.2, 0.25) is 0 Å². The van der Waals surface area contributed by atoms with Gasteiger partial charge in [-0.1, -0.05) is 13.8 Å². The van der Waals surface area contributed by atoms with Gasteiger partial charge >= 0.3 is 5.97 Å². The molecule has 2 aliphatic rings. The number of likely N-dealkylation sites (tertiary alicyclic amines) is 1. The molecule has 1 amide bonds. The Morgan fingerprint density at radius 3 is 2.22 bits per heavy atom. The zero-order valence-electron chi connectivity index (χ0n) is 10.9. The monoisotopic (exact) mass is 255 g/mol. The van der Waals surface area contributed by atoms with E-state index in [4.69, 9.17) is 5.11 Å². The zero-order chi connectivity index (χ0) is 13.5. The molecule has 2 N–H and O–H groups in total. The molecule has 0 radical (unpaired) electrons. The van der Waals surface area contributed by atoms with E-state index in [-0.39, 0.29) is 23.7 Å². The molecule has 18 heavy (non-hydrogen) atoms. The van der Waals surface area contributed by atoms with Crippen molar-refractivity contribution in [3.63, 3.8) is 0 Å². The molecule has 0 aromatic carbocycles. The molecule has 5 heteroatoms. The lowest BCUT2D eigenvalue weighted by Gasteiger charge is -2.49. The molecular formula is C13H21NO4. The fourth-order valence-corrected chi connectivity index (χ4v) is 2.82. The van der Waals surface area contributed by atoms with Gasteiger partial charge < -0.3 is 15.1 Å². The maximum absolute atomic E-state index is 12.1. The molecule has 1 saturated heterocycles. The number of carbonyl (C=O) groups is 2. The molecule has 5 nitrogen and oxygen atoms in total. The fourth-order valence-electron chi connectivity index (χ4n) is 2.82. The van der Waals surface area contributed by atoms with Crippen molar-refractivity contribution in [3.05, 3.63) is 0 Å². The van der Waals surface area contributed by atoms with Crippen molar-refractivity contribution >= 4 is 11.9 Å². The second-order valence-corrected chi connectivity index (χ2v) is 6.00. The quantitative estimate of drug-likeness (QED) is 0.779. The van der Waals surface area contributed by atoms with Crippen LogP contribution in [-0.4, -0.2) is 45.7 Å². The molecular weight excluding hydrogens is 234 g/mol. The van der Waals surface area contributed by atoms with Crippen LogP contribution >= 0.6 is 0 Å². The predicted octanol–water partition coefficient (Wildman–Crippen LogP) is 0.717. The van der Waals surface area contributed by atoms with Crippen LogP contribution in [0.4, 0.5) is 0 Å². The van der Waals surface area contributed by atoms with Crippen molar-refractivity contribution in [2.45, 2.75) is 38.7 Å². The lowest BCUT2D eigenvalue weighted by molar-refractivity contribution is -0.167. The highest BCUT2D eigenvalue weighted by Gasteiger charge is 2.48. The Labute approximate surface area is 107 Å². The van der Waals surface area contributed by atoms with Crippen LogP contribution in [0.25, 0.3) is 0 Å². The van der Waals surface area contributed by atoms with Crippen LogP contribution in [0, 0.1) is 17.8 Å². The SMILES string of the molecule is CC(C)C1(O)CN(C(=O)C2CCC(C(=O)O)C2)C1. The van der Waals surface area contributed by atoms with Crippen LogP contribution in [0.3, 0.4) is 0 Å². The summed E-state index contributed by atoms with van der Waals surface area (Å²) >= 11 is 0. The molecule has 1 saturated carbocycles. The normalized spacial score (nSPS) is 30.3. The number of nitrogens with zero attached hydrogens (tertiary/aromatic N) is 1. The Balaban J connectivity index is 1.86. The van der Waals surface area contributed by atoms with E-state index in [2.05, 4.69) is 0 Å². The number of hydrogen-bond acceptors (Lipinski definition) is 3. The van der Waals surface area contributed by atoms with Gasteiger partial charge in [-0.25, -0.2) is 0 Å². The number of aliphatic hydroxyl groups is 1. The molecule has 0 bridgehead atoms. The number of hydrogen-bond donors (Lipinski definition) is 2. The predicted molar refractivity (Wildman–Crippen MR) is 64.8 cm³/mol. The number of β-amino-alcohol motifs (C(OH)–C–C–N with tert-alkyl or cyclic N) is 1. The molecule has 2 fully saturated rings. The van der Waals surface area contributed by atoms with Gasteiger partial charge in [0.15, 0.2) is 0 Å². The maximum atomic E-state index is 12.1. The summed E-state index contributed by atoms with van der Waals surface area (Å²) in [6, 6.07) is 0. The Kier molecular flexibility index (Phi) is 3.36. The summed E-state index contributed by atoms with van der Waals surface area (Å²) in [5.74, 6) is -1.18. The molecule has 2 rings (SSSR count). The number of amides is 1. The first kappa shape index (κ1) is 13.3. The van der Waals surface area contributed by atoms with Crippen LogP contribution in [0.1, 0.15) is 33.1 Å². The first-order valence-electron chi connectivity index (χ1n) is 6.57. The summed E-state index contributed by atoms with van der Waals surface area (Å²) in [5, 5.41) is 19.0. The third-order valence-corrected chi connectivity index (χ3v) is 4.45. The van der Waals surface area contributed by atoms with Crippen molar-refractivity contribution in [2.24, 2.45) is 17.8 Å². The van der Waals surface area contributed by atoms with E-state index in [1.807, 2.05) is 13.8 Å². The summed E-state index contributed by atoms with van der Waals surface area (Å²) in [5.41, 5.74) is -0.750. The van der Waals surface area contributed by atoms with Crippen molar-refractivity contribution in [2.75, 3.05) is 13.1 Å². The molecule has 0 aromatic heterocycles. The van der Waals surface area contributed by atoms with E-state index in [0.29, 0.717) is 32.4 Å². The summed E-state index contributed by atoms with van der Waals surface area (Å²) in [7, 11) is 0. The molecule has 2 atom stereocenters. The van der Waals surface area contributed by atoms with E-state index >= 15 is 0 Å². The Bertz CT molecular complexity index is 360. The highest BCUT2D eigenvalue weighted by atomic mass is 16.4. The van der Waals surface area contributed by atoms with Crippen molar-refractivity contribution in [3.8, 4) is 0 Å². The lowest BCUT2D eigenvalue weighted by Crippen LogP contribution is -2.66. The van der Waals surface area contributed by atoms with Gasteiger partial charge in [0.05, 0.1) is 19.0 Å². The van der Waals surface area contributed by atoms with Gasteiger partial charge in [0.2, 0.25) is 5.91 Å². The Morgan fingerprint density at radius 1 is 1.22 bits per heavy atom. The van der Waals surface area contributed by atoms with Crippen molar-refractivity contribution in [1.29, 1.82) is 0 Å². The molecule has 1 aliphatic heterocycles. The summed E-state index contributed by atoms with van der Waals surface area (Å²) in [6.45, 7) is 4.66. The third-order valence-electron chi connectivity index (χ3n) is 4.45. The summed E-state index contributed by atoms with van der Waals surface area (Å²) in [4.78, 5) is 24.6. The lowest BCUT2D eigenvalue weighted by atomic mass is 9.82. The highest BCUT2D eigenvalue weighted by molar-refractivity contribution is 5.82. The maximum Gasteiger partial charge on any atom is 0.306 e. The van der Waals surface area contributed by atoms with Gasteiger partial charge in [0.1, 0.15) is 5.60 Å². The molecule has 102 valence electrons. The number of carbonyl (C=O) groups excluding carboxylic acids is 1. The van der Waals surface area contributed by atoms with E-state index in [1.54, 1.807) is 4.90 Å². The first-order chi connectivity index (χ1) is 8.33. The van der Waals surface area contributed by atoms with E-state index in [0.717, 1.165) is 0 Å². The van der Waals surface area contributed by atoms with Crippen LogP contribution in [0.5, 0.6) is 0 Å². The van der Waals surface area contributed by atoms with Crippen LogP contribution < -0.4 is 0 Å². The fraction of sp³-hybridized carbons (Fsp3) is 0.846. The van der Waals surface area contributed by atoms with Crippen molar-refractivity contribution in [1.82, 2.24) is 4.90 Å². The van der Waals surface area contributed by atoms with E-state index < -0.39 is 11.6 Å². The van der Waals surface area contributed by atoms with Gasteiger partial charge in [-0.15, -0.1) is 0 Å². The summed E-state index contributed by atoms with van der Waals surface area (Å²) < 4.78 is 0. The number of carboxylic acid groups (broad SMARTS) is 1. The third kappa shape index (κ3) is 2.23. The highest BCUT2D eigenvalue weighted by Crippen LogP contribution is 2.36. The minimum atomic E-state index is -0.799.